The summed E-state index contributed by atoms with van der Waals surface area (Å²) in [4.78, 5) is 19.1. The minimum Gasteiger partial charge on any atom is -0.309 e. The van der Waals surface area contributed by atoms with E-state index in [0.29, 0.717) is 0 Å². The van der Waals surface area contributed by atoms with Crippen LogP contribution in [0.1, 0.15) is 0 Å². The summed E-state index contributed by atoms with van der Waals surface area (Å²) in [5.74, 6) is 0. The molecule has 11 aromatic rings. The molecule has 0 aliphatic heterocycles. The van der Waals surface area contributed by atoms with Crippen LogP contribution in [-0.2, 0) is 0 Å². The monoisotopic (exact) mass is 716 g/mol. The molecule has 0 aliphatic rings. The van der Waals surface area contributed by atoms with Gasteiger partial charge in [0.2, 0.25) is 0 Å². The Labute approximate surface area is 322 Å². The summed E-state index contributed by atoms with van der Waals surface area (Å²) in [6.45, 7) is 0. The number of hydrogen-bond acceptors (Lipinski definition) is 4. The van der Waals surface area contributed by atoms with E-state index in [1.165, 1.54) is 16.2 Å². The average Bonchev–Trinajstić information content (AvgIpc) is 3.79. The van der Waals surface area contributed by atoms with E-state index in [4.69, 9.17) is 9.97 Å². The zero-order chi connectivity index (χ0) is 37.0. The van der Waals surface area contributed by atoms with Crippen molar-refractivity contribution in [2.75, 3.05) is 0 Å². The first-order valence-electron chi connectivity index (χ1n) is 18.7. The van der Waals surface area contributed by atoms with Gasteiger partial charge in [0.1, 0.15) is 5.65 Å². The van der Waals surface area contributed by atoms with Crippen molar-refractivity contribution in [1.82, 2.24) is 29.1 Å². The van der Waals surface area contributed by atoms with E-state index in [2.05, 4.69) is 153 Å². The Kier molecular flexibility index (Phi) is 7.38. The van der Waals surface area contributed by atoms with Gasteiger partial charge in [-0.3, -0.25) is 14.5 Å². The zero-order valence-electron chi connectivity index (χ0n) is 30.2. The highest BCUT2D eigenvalue weighted by Gasteiger charge is 2.18. The van der Waals surface area contributed by atoms with Gasteiger partial charge in [-0.05, 0) is 113 Å². The van der Waals surface area contributed by atoms with Gasteiger partial charge in [0.15, 0.2) is 0 Å². The summed E-state index contributed by atoms with van der Waals surface area (Å²) in [5, 5.41) is 4.74. The molecule has 0 unspecified atom stereocenters. The van der Waals surface area contributed by atoms with E-state index < -0.39 is 0 Å². The molecule has 11 rings (SSSR count). The van der Waals surface area contributed by atoms with Gasteiger partial charge in [0.05, 0.1) is 39.3 Å². The van der Waals surface area contributed by atoms with Crippen LogP contribution in [0.4, 0.5) is 0 Å². The number of aromatic nitrogens is 6. The third kappa shape index (κ3) is 5.27. The Morgan fingerprint density at radius 1 is 0.304 bits per heavy atom. The maximum absolute atomic E-state index is 5.01. The first kappa shape index (κ1) is 31.8. The van der Waals surface area contributed by atoms with E-state index >= 15 is 0 Å². The quantitative estimate of drug-likeness (QED) is 0.172. The van der Waals surface area contributed by atoms with Gasteiger partial charge >= 0.3 is 0 Å². The summed E-state index contributed by atoms with van der Waals surface area (Å²) in [5.41, 5.74) is 14.2. The van der Waals surface area contributed by atoms with Crippen molar-refractivity contribution in [3.05, 3.63) is 195 Å². The van der Waals surface area contributed by atoms with Gasteiger partial charge in [-0.1, -0.05) is 84.9 Å². The molecule has 6 heterocycles. The van der Waals surface area contributed by atoms with Gasteiger partial charge < -0.3 is 4.57 Å². The number of rotatable bonds is 6. The highest BCUT2D eigenvalue weighted by molar-refractivity contribution is 6.11. The van der Waals surface area contributed by atoms with Crippen LogP contribution in [0.2, 0.25) is 0 Å². The Balaban J connectivity index is 1.08. The summed E-state index contributed by atoms with van der Waals surface area (Å²) in [6, 6.07) is 61.8. The minimum absolute atomic E-state index is 0.801. The molecule has 0 radical (unpaired) electrons. The Morgan fingerprint density at radius 2 is 0.875 bits per heavy atom. The van der Waals surface area contributed by atoms with Crippen molar-refractivity contribution < 1.29 is 0 Å². The maximum Gasteiger partial charge on any atom is 0.145 e. The summed E-state index contributed by atoms with van der Waals surface area (Å²) < 4.78 is 4.66. The molecule has 0 amide bonds. The molecule has 0 N–H and O–H groups in total. The van der Waals surface area contributed by atoms with Gasteiger partial charge in [0, 0.05) is 51.5 Å². The molecule has 56 heavy (non-hydrogen) atoms. The summed E-state index contributed by atoms with van der Waals surface area (Å²) in [6.07, 6.45) is 5.48. The normalized spacial score (nSPS) is 11.6. The molecule has 6 aromatic heterocycles. The number of fused-ring (bicyclic) bond motifs is 6. The van der Waals surface area contributed by atoms with Crippen molar-refractivity contribution in [3.63, 3.8) is 0 Å². The van der Waals surface area contributed by atoms with Crippen molar-refractivity contribution in [1.29, 1.82) is 0 Å². The van der Waals surface area contributed by atoms with E-state index in [9.17, 15) is 0 Å². The molecule has 0 aliphatic carbocycles. The van der Waals surface area contributed by atoms with Gasteiger partial charge in [0.25, 0.3) is 0 Å². The van der Waals surface area contributed by atoms with E-state index in [0.717, 1.165) is 84.0 Å². The average molecular weight is 717 g/mol. The molecule has 6 heteroatoms. The summed E-state index contributed by atoms with van der Waals surface area (Å²) in [7, 11) is 0. The maximum atomic E-state index is 5.01. The molecule has 0 saturated heterocycles. The second-order valence-corrected chi connectivity index (χ2v) is 14.0. The lowest BCUT2D eigenvalue weighted by molar-refractivity contribution is 1.14. The van der Waals surface area contributed by atoms with Crippen LogP contribution >= 0.6 is 0 Å². The van der Waals surface area contributed by atoms with Gasteiger partial charge in [-0.2, -0.15) is 0 Å². The standard InChI is InChI=1S/C50H32N6/c1-2-13-37(14-3-1)56-49-32-35(22-24-41(49)42-17-11-27-53-50(42)56)34-21-23-40-39-16-4-5-20-47(39)55(48(40)31-34)38-15-10-12-33(28-38)36-29-45(43-18-6-8-25-51-43)54-46(30-36)44-19-7-9-26-52-44/h1-32H. The van der Waals surface area contributed by atoms with Crippen LogP contribution in [0.25, 0.3) is 100 Å². The molecule has 0 bridgehead atoms. The molecule has 262 valence electrons. The minimum atomic E-state index is 0.801. The molecule has 5 aromatic carbocycles. The van der Waals surface area contributed by atoms with Crippen LogP contribution in [0.5, 0.6) is 0 Å². The topological polar surface area (TPSA) is 61.4 Å². The van der Waals surface area contributed by atoms with Crippen LogP contribution < -0.4 is 0 Å². The molecular weight excluding hydrogens is 685 g/mol. The van der Waals surface area contributed by atoms with Crippen molar-refractivity contribution in [2.45, 2.75) is 0 Å². The first-order valence-corrected chi connectivity index (χ1v) is 18.7. The molecule has 0 fully saturated rings. The zero-order valence-corrected chi connectivity index (χ0v) is 30.2. The van der Waals surface area contributed by atoms with Gasteiger partial charge in [-0.15, -0.1) is 0 Å². The molecule has 0 atom stereocenters. The molecule has 0 spiro atoms. The number of hydrogen-bond donors (Lipinski definition) is 0. The largest absolute Gasteiger partial charge is 0.309 e. The SMILES string of the molecule is c1ccc(-n2c3cc(-c4ccc5c6ccccc6n(-c6cccc(-c7cc(-c8ccccn8)nc(-c8ccccn8)c7)c6)c5c4)ccc3c3cccnc32)cc1. The lowest BCUT2D eigenvalue weighted by atomic mass is 10.0. The Hall–Kier alpha value is -7.70. The van der Waals surface area contributed by atoms with Crippen molar-refractivity contribution in [3.8, 4) is 56.4 Å². The lowest BCUT2D eigenvalue weighted by Crippen LogP contribution is -1.96. The number of nitrogens with zero attached hydrogens (tertiary/aromatic N) is 6. The fourth-order valence-electron chi connectivity index (χ4n) is 8.10. The highest BCUT2D eigenvalue weighted by Crippen LogP contribution is 2.39. The summed E-state index contributed by atoms with van der Waals surface area (Å²) >= 11 is 0. The fraction of sp³-hybridized carbons (Fsp3) is 0. The number of para-hydroxylation sites is 2. The molecular formula is C50H32N6. The second-order valence-electron chi connectivity index (χ2n) is 14.0. The smallest absolute Gasteiger partial charge is 0.145 e. The predicted molar refractivity (Wildman–Crippen MR) is 228 cm³/mol. The van der Waals surface area contributed by atoms with Crippen molar-refractivity contribution >= 4 is 43.7 Å². The first-order chi connectivity index (χ1) is 27.8. The second kappa shape index (κ2) is 13.0. The van der Waals surface area contributed by atoms with Crippen LogP contribution in [0.3, 0.4) is 0 Å². The predicted octanol–water partition coefficient (Wildman–Crippen LogP) is 12.1. The highest BCUT2D eigenvalue weighted by atomic mass is 15.0. The third-order valence-corrected chi connectivity index (χ3v) is 10.7. The number of benzene rings is 5. The van der Waals surface area contributed by atoms with Gasteiger partial charge in [-0.25, -0.2) is 9.97 Å². The van der Waals surface area contributed by atoms with Crippen LogP contribution in [-0.4, -0.2) is 29.1 Å². The lowest BCUT2D eigenvalue weighted by Gasteiger charge is -2.13. The van der Waals surface area contributed by atoms with Crippen LogP contribution in [0.15, 0.2) is 195 Å². The third-order valence-electron chi connectivity index (χ3n) is 10.7. The van der Waals surface area contributed by atoms with Crippen molar-refractivity contribution in [2.24, 2.45) is 0 Å². The Morgan fingerprint density at radius 3 is 1.59 bits per heavy atom. The Bertz CT molecular complexity index is 3180. The molecule has 0 saturated carbocycles. The van der Waals surface area contributed by atoms with E-state index in [1.807, 2.05) is 48.7 Å². The van der Waals surface area contributed by atoms with Crippen LogP contribution in [0, 0.1) is 0 Å². The fourth-order valence-corrected chi connectivity index (χ4v) is 8.10. The van der Waals surface area contributed by atoms with E-state index in [-0.39, 0.29) is 0 Å². The number of pyridine rings is 4. The molecule has 6 nitrogen and oxygen atoms in total. The van der Waals surface area contributed by atoms with E-state index in [1.54, 1.807) is 12.4 Å².